The third-order valence-corrected chi connectivity index (χ3v) is 2.46. The van der Waals surface area contributed by atoms with Crippen molar-refractivity contribution in [3.05, 3.63) is 36.4 Å². The van der Waals surface area contributed by atoms with Crippen LogP contribution in [-0.2, 0) is 0 Å². The van der Waals surface area contributed by atoms with Gasteiger partial charge in [-0.2, -0.15) is 5.10 Å². The van der Waals surface area contributed by atoms with Gasteiger partial charge < -0.3 is 9.68 Å². The smallest absolute Gasteiger partial charge is 0.533 e. The lowest BCUT2D eigenvalue weighted by molar-refractivity contribution is 0.425. The zero-order valence-electron chi connectivity index (χ0n) is 9.10. The molecule has 2 N–H and O–H groups in total. The maximum Gasteiger partial charge on any atom is 0.555 e. The van der Waals surface area contributed by atoms with Gasteiger partial charge in [0.2, 0.25) is 0 Å². The van der Waals surface area contributed by atoms with Gasteiger partial charge >= 0.3 is 7.12 Å². The Morgan fingerprint density at radius 3 is 3.19 bits per heavy atom. The van der Waals surface area contributed by atoms with Crippen molar-refractivity contribution in [2.24, 2.45) is 0 Å². The lowest BCUT2D eigenvalue weighted by Crippen LogP contribution is -2.24. The molecule has 0 aliphatic heterocycles. The molecule has 4 nitrogen and oxygen atoms in total. The van der Waals surface area contributed by atoms with Crippen LogP contribution in [0.3, 0.4) is 0 Å². The zero-order chi connectivity index (χ0) is 11.5. The average Bonchev–Trinajstić information content (AvgIpc) is 2.75. The molecule has 0 amide bonds. The molecule has 0 aliphatic carbocycles. The molecule has 0 radical (unpaired) electrons. The Hall–Kier alpha value is -1.75. The Labute approximate surface area is 94.1 Å². The van der Waals surface area contributed by atoms with Crippen LogP contribution < -0.4 is 4.65 Å². The topological polar surface area (TPSA) is 58.1 Å². The summed E-state index contributed by atoms with van der Waals surface area (Å²) < 4.78 is 5.36. The van der Waals surface area contributed by atoms with E-state index in [1.54, 1.807) is 12.3 Å². The van der Waals surface area contributed by atoms with Crippen LogP contribution in [0.15, 0.2) is 36.4 Å². The molecular formula is C11H13BN2O2. The molecule has 2 rings (SSSR count). The lowest BCUT2D eigenvalue weighted by Gasteiger charge is -2.10. The summed E-state index contributed by atoms with van der Waals surface area (Å²) in [6, 6.07) is 5.47. The first-order valence-corrected chi connectivity index (χ1v) is 5.16. The highest BCUT2D eigenvalue weighted by molar-refractivity contribution is 6.52. The fourth-order valence-electron chi connectivity index (χ4n) is 1.38. The number of hydrogen-bond donors (Lipinski definition) is 2. The minimum atomic E-state index is -0.950. The average molecular weight is 216 g/mol. The van der Waals surface area contributed by atoms with Crippen molar-refractivity contribution in [2.75, 3.05) is 0 Å². The second-order valence-electron chi connectivity index (χ2n) is 3.60. The molecule has 82 valence electrons. The molecule has 0 atom stereocenters. The number of benzene rings is 1. The Morgan fingerprint density at radius 2 is 2.44 bits per heavy atom. The highest BCUT2D eigenvalue weighted by Crippen LogP contribution is 2.20. The molecule has 0 fully saturated rings. The fourth-order valence-corrected chi connectivity index (χ4v) is 1.38. The van der Waals surface area contributed by atoms with Gasteiger partial charge in [0, 0.05) is 5.39 Å². The molecule has 0 unspecified atom stereocenters. The maximum absolute atomic E-state index is 9.65. The van der Waals surface area contributed by atoms with Crippen molar-refractivity contribution in [3.63, 3.8) is 0 Å². The summed E-state index contributed by atoms with van der Waals surface area (Å²) in [7, 11) is -0.950. The van der Waals surface area contributed by atoms with E-state index in [0.29, 0.717) is 17.6 Å². The number of fused-ring (bicyclic) bond motifs is 1. The van der Waals surface area contributed by atoms with E-state index < -0.39 is 7.12 Å². The van der Waals surface area contributed by atoms with Crippen LogP contribution in [-0.4, -0.2) is 22.3 Å². The van der Waals surface area contributed by atoms with E-state index in [-0.39, 0.29) is 0 Å². The number of H-pyrrole nitrogens is 1. The van der Waals surface area contributed by atoms with Gasteiger partial charge in [-0.05, 0) is 30.1 Å². The summed E-state index contributed by atoms with van der Waals surface area (Å²) in [6.07, 6.45) is 2.40. The summed E-state index contributed by atoms with van der Waals surface area (Å²) in [5, 5.41) is 17.4. The van der Waals surface area contributed by atoms with Crippen LogP contribution in [0.4, 0.5) is 0 Å². The first-order chi connectivity index (χ1) is 7.70. The minimum absolute atomic E-state index is 0.607. The quantitative estimate of drug-likeness (QED) is 0.767. The van der Waals surface area contributed by atoms with Crippen molar-refractivity contribution in [2.45, 2.75) is 13.3 Å². The molecule has 0 saturated heterocycles. The number of aromatic amines is 1. The van der Waals surface area contributed by atoms with Crippen LogP contribution in [0.5, 0.6) is 5.75 Å². The number of nitrogens with one attached hydrogen (secondary N) is 1. The zero-order valence-corrected chi connectivity index (χ0v) is 9.10. The Bertz CT molecular complexity index is 509. The molecule has 2 aromatic rings. The van der Waals surface area contributed by atoms with Crippen molar-refractivity contribution in [1.29, 1.82) is 0 Å². The normalized spacial score (nSPS) is 10.4. The molecule has 1 heterocycles. The standard InChI is InChI=1S/C11H13BN2O2/c1-3-8(2)12(15)16-10-4-5-11-9(6-10)7-13-14-11/h4-7,15H,2-3H2,1H3,(H,13,14). The van der Waals surface area contributed by atoms with Crippen LogP contribution in [0, 0.1) is 0 Å². The molecule has 0 bridgehead atoms. The molecular weight excluding hydrogens is 203 g/mol. The van der Waals surface area contributed by atoms with Crippen molar-refractivity contribution >= 4 is 18.0 Å². The fraction of sp³-hybridized carbons (Fsp3) is 0.182. The Balaban J connectivity index is 2.17. The summed E-state index contributed by atoms with van der Waals surface area (Å²) >= 11 is 0. The largest absolute Gasteiger partial charge is 0.555 e. The Kier molecular flexibility index (Phi) is 2.96. The molecule has 1 aromatic carbocycles. The van der Waals surface area contributed by atoms with Crippen LogP contribution in [0.2, 0.25) is 0 Å². The molecule has 0 spiro atoms. The van der Waals surface area contributed by atoms with Crippen LogP contribution >= 0.6 is 0 Å². The van der Waals surface area contributed by atoms with Gasteiger partial charge in [0.1, 0.15) is 5.75 Å². The highest BCUT2D eigenvalue weighted by Gasteiger charge is 2.18. The lowest BCUT2D eigenvalue weighted by atomic mass is 9.78. The number of aromatic nitrogens is 2. The molecule has 1 aromatic heterocycles. The maximum atomic E-state index is 9.65. The number of rotatable bonds is 4. The van der Waals surface area contributed by atoms with E-state index in [0.717, 1.165) is 10.9 Å². The summed E-state index contributed by atoms with van der Waals surface area (Å²) in [5.41, 5.74) is 1.60. The van der Waals surface area contributed by atoms with Crippen molar-refractivity contribution in [3.8, 4) is 5.75 Å². The predicted molar refractivity (Wildman–Crippen MR) is 64.1 cm³/mol. The van der Waals surface area contributed by atoms with Gasteiger partial charge in [-0.3, -0.25) is 5.10 Å². The van der Waals surface area contributed by atoms with Crippen molar-refractivity contribution in [1.82, 2.24) is 10.2 Å². The van der Waals surface area contributed by atoms with E-state index in [1.165, 1.54) is 0 Å². The first-order valence-electron chi connectivity index (χ1n) is 5.16. The minimum Gasteiger partial charge on any atom is -0.533 e. The van der Waals surface area contributed by atoms with E-state index in [1.807, 2.05) is 19.1 Å². The number of allylic oxidation sites excluding steroid dienone is 1. The van der Waals surface area contributed by atoms with E-state index >= 15 is 0 Å². The van der Waals surface area contributed by atoms with Gasteiger partial charge in [-0.25, -0.2) is 0 Å². The van der Waals surface area contributed by atoms with Crippen molar-refractivity contribution < 1.29 is 9.68 Å². The number of nitrogens with zero attached hydrogens (tertiary/aromatic N) is 1. The van der Waals surface area contributed by atoms with Crippen LogP contribution in [0.1, 0.15) is 13.3 Å². The van der Waals surface area contributed by atoms with Gasteiger partial charge in [-0.15, -0.1) is 6.58 Å². The van der Waals surface area contributed by atoms with Crippen LogP contribution in [0.25, 0.3) is 10.9 Å². The second-order valence-corrected chi connectivity index (χ2v) is 3.60. The summed E-state index contributed by atoms with van der Waals surface area (Å²) in [4.78, 5) is 0. The van der Waals surface area contributed by atoms with Gasteiger partial charge in [0.25, 0.3) is 0 Å². The monoisotopic (exact) mass is 216 g/mol. The molecule has 5 heteroatoms. The van der Waals surface area contributed by atoms with Gasteiger partial charge in [0.15, 0.2) is 0 Å². The van der Waals surface area contributed by atoms with Gasteiger partial charge in [0.05, 0.1) is 11.7 Å². The summed E-state index contributed by atoms with van der Waals surface area (Å²) in [6.45, 7) is 5.65. The first kappa shape index (κ1) is 10.8. The Morgan fingerprint density at radius 1 is 1.62 bits per heavy atom. The highest BCUT2D eigenvalue weighted by atomic mass is 16.5. The predicted octanol–water partition coefficient (Wildman–Crippen LogP) is 1.93. The number of hydrogen-bond acceptors (Lipinski definition) is 3. The van der Waals surface area contributed by atoms with E-state index in [2.05, 4.69) is 16.8 Å². The second kappa shape index (κ2) is 4.41. The molecule has 0 saturated carbocycles. The molecule has 16 heavy (non-hydrogen) atoms. The third kappa shape index (κ3) is 2.09. The van der Waals surface area contributed by atoms with E-state index in [4.69, 9.17) is 4.65 Å². The van der Waals surface area contributed by atoms with Gasteiger partial charge in [-0.1, -0.05) is 6.92 Å². The SMILES string of the molecule is C=C(CC)B(O)Oc1ccc2[nH]ncc2c1. The molecule has 0 aliphatic rings. The van der Waals surface area contributed by atoms with E-state index in [9.17, 15) is 5.02 Å². The third-order valence-electron chi connectivity index (χ3n) is 2.46. The summed E-state index contributed by atoms with van der Waals surface area (Å²) in [5.74, 6) is 0.607.